The molecule has 0 spiro atoms. The van der Waals surface area contributed by atoms with Crippen molar-refractivity contribution in [2.45, 2.75) is 17.5 Å². The number of imidazole rings is 1. The number of anilines is 3. The molecule has 2 aromatic heterocycles. The normalized spacial score (nSPS) is 11.7. The van der Waals surface area contributed by atoms with Crippen LogP contribution in [-0.2, 0) is 16.4 Å². The Hall–Kier alpha value is -3.70. The fourth-order valence-corrected chi connectivity index (χ4v) is 3.55. The first-order valence-electron chi connectivity index (χ1n) is 9.08. The zero-order chi connectivity index (χ0) is 23.2. The van der Waals surface area contributed by atoms with E-state index in [0.717, 1.165) is 11.9 Å². The summed E-state index contributed by atoms with van der Waals surface area (Å²) in [5, 5.41) is 13.8. The third-order valence-corrected chi connectivity index (χ3v) is 5.50. The molecular formula is C18H17F3N8O2S. The van der Waals surface area contributed by atoms with Crippen LogP contribution in [0.4, 0.5) is 30.6 Å². The number of alkyl halides is 3. The third kappa shape index (κ3) is 6.40. The van der Waals surface area contributed by atoms with E-state index in [1.807, 2.05) is 0 Å². The molecule has 0 aliphatic heterocycles. The molecule has 14 heteroatoms. The molecule has 0 saturated carbocycles. The van der Waals surface area contributed by atoms with E-state index in [4.69, 9.17) is 5.26 Å². The maximum atomic E-state index is 12.4. The van der Waals surface area contributed by atoms with Crippen LogP contribution in [0.2, 0.25) is 0 Å². The molecule has 0 aliphatic rings. The first kappa shape index (κ1) is 23.0. The molecule has 0 radical (unpaired) electrons. The lowest BCUT2D eigenvalue weighted by atomic mass is 10.3. The minimum Gasteiger partial charge on any atom is -0.360 e. The van der Waals surface area contributed by atoms with E-state index in [1.165, 1.54) is 30.6 Å². The molecule has 0 unspecified atom stereocenters. The monoisotopic (exact) mass is 466 g/mol. The lowest BCUT2D eigenvalue weighted by molar-refractivity contribution is -0.115. The van der Waals surface area contributed by atoms with Gasteiger partial charge in [0.1, 0.15) is 24.0 Å². The summed E-state index contributed by atoms with van der Waals surface area (Å²) in [4.78, 5) is 14.5. The molecule has 10 nitrogen and oxygen atoms in total. The second-order valence-corrected chi connectivity index (χ2v) is 8.18. The molecule has 4 N–H and O–H groups in total. The highest BCUT2D eigenvalue weighted by molar-refractivity contribution is 7.89. The number of rotatable bonds is 9. The average Bonchev–Trinajstić information content (AvgIpc) is 3.26. The van der Waals surface area contributed by atoms with E-state index >= 15 is 0 Å². The van der Waals surface area contributed by atoms with Crippen molar-refractivity contribution in [2.75, 3.05) is 23.7 Å². The first-order valence-corrected chi connectivity index (χ1v) is 10.6. The molecule has 168 valence electrons. The Morgan fingerprint density at radius 3 is 2.53 bits per heavy atom. The Morgan fingerprint density at radius 1 is 1.16 bits per heavy atom. The van der Waals surface area contributed by atoms with Gasteiger partial charge in [-0.05, 0) is 24.3 Å². The molecule has 3 rings (SSSR count). The number of benzene rings is 1. The predicted octanol–water partition coefficient (Wildman–Crippen LogP) is 2.31. The number of hydrogen-bond donors (Lipinski definition) is 4. The topological polar surface area (TPSA) is 148 Å². The van der Waals surface area contributed by atoms with Crippen molar-refractivity contribution in [2.24, 2.45) is 0 Å². The zero-order valence-corrected chi connectivity index (χ0v) is 17.1. The molecular weight excluding hydrogens is 449 g/mol. The second kappa shape index (κ2) is 9.62. The highest BCUT2D eigenvalue weighted by atomic mass is 32.2. The molecule has 0 fully saturated rings. The van der Waals surface area contributed by atoms with Crippen molar-refractivity contribution < 1.29 is 21.6 Å². The number of nitrogens with zero attached hydrogens (tertiary/aromatic N) is 4. The Labute approximate surface area is 181 Å². The fourth-order valence-electron chi connectivity index (χ4n) is 2.51. The van der Waals surface area contributed by atoms with Crippen molar-refractivity contribution >= 4 is 27.5 Å². The Morgan fingerprint density at radius 2 is 1.91 bits per heavy atom. The number of H-pyrrole nitrogens is 1. The quantitative estimate of drug-likeness (QED) is 0.375. The van der Waals surface area contributed by atoms with Gasteiger partial charge in [0.2, 0.25) is 16.0 Å². The SMILES string of the molecule is N#Cc1cnc(Nc2ccc(S(=O)(=O)NCCc3cnc[nH]3)cc2)nc1NCC(F)(F)F. The van der Waals surface area contributed by atoms with Crippen LogP contribution in [-0.4, -0.2) is 47.6 Å². The van der Waals surface area contributed by atoms with Crippen LogP contribution in [0.25, 0.3) is 0 Å². The van der Waals surface area contributed by atoms with E-state index < -0.39 is 22.7 Å². The molecule has 0 bridgehead atoms. The molecule has 32 heavy (non-hydrogen) atoms. The van der Waals surface area contributed by atoms with Gasteiger partial charge in [0.05, 0.1) is 17.4 Å². The van der Waals surface area contributed by atoms with Crippen LogP contribution >= 0.6 is 0 Å². The maximum Gasteiger partial charge on any atom is 0.405 e. The van der Waals surface area contributed by atoms with E-state index in [9.17, 15) is 21.6 Å². The van der Waals surface area contributed by atoms with Gasteiger partial charge in [0.15, 0.2) is 0 Å². The van der Waals surface area contributed by atoms with Gasteiger partial charge in [-0.2, -0.15) is 23.4 Å². The molecule has 2 heterocycles. The van der Waals surface area contributed by atoms with Crippen LogP contribution in [0.15, 0.2) is 47.9 Å². The highest BCUT2D eigenvalue weighted by Crippen LogP contribution is 2.21. The van der Waals surface area contributed by atoms with Crippen molar-refractivity contribution in [3.8, 4) is 6.07 Å². The third-order valence-electron chi connectivity index (χ3n) is 4.03. The summed E-state index contributed by atoms with van der Waals surface area (Å²) in [6, 6.07) is 7.32. The van der Waals surface area contributed by atoms with E-state index in [1.54, 1.807) is 12.3 Å². The standard InChI is InChI=1S/C18H17F3N8O2S/c19-18(20,21)10-25-16-12(7-22)8-24-17(29-16)28-13-1-3-15(4-2-13)32(30,31)27-6-5-14-9-23-11-26-14/h1-4,8-9,11,27H,5-6,10H2,(H,23,26)(H2,24,25,28,29). The van der Waals surface area contributed by atoms with Gasteiger partial charge in [-0.25, -0.2) is 23.1 Å². The minimum atomic E-state index is -4.49. The van der Waals surface area contributed by atoms with Gasteiger partial charge in [0, 0.05) is 30.5 Å². The van der Waals surface area contributed by atoms with Gasteiger partial charge in [0.25, 0.3) is 0 Å². The van der Waals surface area contributed by atoms with Crippen molar-refractivity contribution in [1.29, 1.82) is 5.26 Å². The number of nitriles is 1. The molecule has 0 amide bonds. The molecule has 0 aliphatic carbocycles. The van der Waals surface area contributed by atoms with E-state index in [0.29, 0.717) is 12.1 Å². The zero-order valence-electron chi connectivity index (χ0n) is 16.3. The molecule has 0 saturated heterocycles. The molecule has 1 aromatic carbocycles. The van der Waals surface area contributed by atoms with Crippen molar-refractivity contribution in [3.63, 3.8) is 0 Å². The lowest BCUT2D eigenvalue weighted by Gasteiger charge is -2.12. The lowest BCUT2D eigenvalue weighted by Crippen LogP contribution is -2.26. The Balaban J connectivity index is 1.65. The minimum absolute atomic E-state index is 0.0286. The maximum absolute atomic E-state index is 12.4. The number of hydrogen-bond acceptors (Lipinski definition) is 8. The number of halogens is 3. The number of aromatic nitrogens is 4. The van der Waals surface area contributed by atoms with Crippen LogP contribution in [0, 0.1) is 11.3 Å². The molecule has 0 atom stereocenters. The first-order chi connectivity index (χ1) is 15.2. The Kier molecular flexibility index (Phi) is 6.91. The summed E-state index contributed by atoms with van der Waals surface area (Å²) >= 11 is 0. The van der Waals surface area contributed by atoms with Crippen molar-refractivity contribution in [1.82, 2.24) is 24.7 Å². The second-order valence-electron chi connectivity index (χ2n) is 6.41. The summed E-state index contributed by atoms with van der Waals surface area (Å²) in [7, 11) is -3.74. The van der Waals surface area contributed by atoms with Gasteiger partial charge < -0.3 is 15.6 Å². The summed E-state index contributed by atoms with van der Waals surface area (Å²) < 4.78 is 64.6. The average molecular weight is 466 g/mol. The van der Waals surface area contributed by atoms with Crippen LogP contribution in [0.3, 0.4) is 0 Å². The van der Waals surface area contributed by atoms with Gasteiger partial charge in [-0.1, -0.05) is 0 Å². The van der Waals surface area contributed by atoms with Crippen LogP contribution in [0.1, 0.15) is 11.3 Å². The Bertz CT molecular complexity index is 1190. The number of sulfonamides is 1. The van der Waals surface area contributed by atoms with E-state index in [-0.39, 0.29) is 28.8 Å². The fraction of sp³-hybridized carbons (Fsp3) is 0.222. The highest BCUT2D eigenvalue weighted by Gasteiger charge is 2.27. The largest absolute Gasteiger partial charge is 0.405 e. The smallest absolute Gasteiger partial charge is 0.360 e. The van der Waals surface area contributed by atoms with Gasteiger partial charge in [-0.3, -0.25) is 0 Å². The number of aromatic amines is 1. The van der Waals surface area contributed by atoms with Crippen LogP contribution < -0.4 is 15.4 Å². The van der Waals surface area contributed by atoms with E-state index in [2.05, 4.69) is 35.3 Å². The summed E-state index contributed by atoms with van der Waals surface area (Å²) in [6.07, 6.45) is 0.140. The summed E-state index contributed by atoms with van der Waals surface area (Å²) in [5.74, 6) is -0.343. The van der Waals surface area contributed by atoms with Gasteiger partial charge in [-0.15, -0.1) is 0 Å². The molecule has 3 aromatic rings. The van der Waals surface area contributed by atoms with Gasteiger partial charge >= 0.3 is 6.18 Å². The number of nitrogens with one attached hydrogen (secondary N) is 4. The van der Waals surface area contributed by atoms with Crippen LogP contribution in [0.5, 0.6) is 0 Å². The predicted molar refractivity (Wildman–Crippen MR) is 108 cm³/mol. The summed E-state index contributed by atoms with van der Waals surface area (Å²) in [5.41, 5.74) is 1.04. The van der Waals surface area contributed by atoms with Crippen molar-refractivity contribution in [3.05, 3.63) is 54.2 Å². The summed E-state index contributed by atoms with van der Waals surface area (Å²) in [6.45, 7) is -1.19.